The Morgan fingerprint density at radius 3 is 2.35 bits per heavy atom. The van der Waals surface area contributed by atoms with Gasteiger partial charge in [0.2, 0.25) is 10.0 Å². The lowest BCUT2D eigenvalue weighted by atomic mass is 10.0. The molecule has 46 heavy (non-hydrogen) atoms. The van der Waals surface area contributed by atoms with Crippen molar-refractivity contribution in [3.8, 4) is 22.6 Å². The second-order valence-electron chi connectivity index (χ2n) is 10.1. The fourth-order valence-electron chi connectivity index (χ4n) is 4.61. The van der Waals surface area contributed by atoms with E-state index in [1.807, 2.05) is 0 Å². The molecular formula is C31H27F2N5O7S. The van der Waals surface area contributed by atoms with Crippen LogP contribution in [0, 0.1) is 11.6 Å². The summed E-state index contributed by atoms with van der Waals surface area (Å²) >= 11 is 0. The molecule has 2 heterocycles. The molecular weight excluding hydrogens is 624 g/mol. The minimum atomic E-state index is -3.69. The van der Waals surface area contributed by atoms with Crippen molar-refractivity contribution >= 4 is 38.4 Å². The number of rotatable bonds is 10. The number of pyridine rings is 1. The Morgan fingerprint density at radius 1 is 0.957 bits per heavy atom. The quantitative estimate of drug-likeness (QED) is 0.110. The Morgan fingerprint density at radius 2 is 1.67 bits per heavy atom. The monoisotopic (exact) mass is 651 g/mol. The zero-order valence-corrected chi connectivity index (χ0v) is 25.2. The molecule has 0 fully saturated rings. The molecule has 15 heteroatoms. The maximum absolute atomic E-state index is 14.6. The number of carbonyl (C=O) groups excluding carboxylic acids is 2. The Balaban J connectivity index is 1.55. The zero-order chi connectivity index (χ0) is 33.2. The number of fused-ring (bicyclic) bond motifs is 1. The second-order valence-corrected chi connectivity index (χ2v) is 12.2. The molecule has 0 aliphatic heterocycles. The van der Waals surface area contributed by atoms with E-state index in [4.69, 9.17) is 9.94 Å². The van der Waals surface area contributed by atoms with Crippen molar-refractivity contribution in [1.82, 2.24) is 20.3 Å². The molecule has 238 valence electrons. The topological polar surface area (TPSA) is 172 Å². The third-order valence-corrected chi connectivity index (χ3v) is 8.32. The number of benzene rings is 3. The predicted molar refractivity (Wildman–Crippen MR) is 165 cm³/mol. The molecule has 0 spiro atoms. The summed E-state index contributed by atoms with van der Waals surface area (Å²) in [7, 11) is -2.21. The Bertz CT molecular complexity index is 2150. The molecule has 0 saturated carbocycles. The highest BCUT2D eigenvalue weighted by Gasteiger charge is 2.21. The molecule has 0 aliphatic rings. The molecule has 0 saturated heterocycles. The lowest BCUT2D eigenvalue weighted by Gasteiger charge is -2.16. The van der Waals surface area contributed by atoms with Gasteiger partial charge in [0.25, 0.3) is 17.4 Å². The summed E-state index contributed by atoms with van der Waals surface area (Å²) < 4.78 is 62.3. The number of aryl methyl sites for hydroxylation is 1. The zero-order valence-electron chi connectivity index (χ0n) is 24.4. The van der Waals surface area contributed by atoms with E-state index in [0.29, 0.717) is 17.2 Å². The van der Waals surface area contributed by atoms with Gasteiger partial charge in [-0.1, -0.05) is 12.1 Å². The van der Waals surface area contributed by atoms with Gasteiger partial charge in [-0.15, -0.1) is 0 Å². The number of H-pyrrole nitrogens is 1. The van der Waals surface area contributed by atoms with Crippen molar-refractivity contribution in [2.45, 2.75) is 13.5 Å². The number of hydroxylamine groups is 1. The van der Waals surface area contributed by atoms with Crippen LogP contribution >= 0.6 is 0 Å². The normalized spacial score (nSPS) is 11.3. The molecule has 5 N–H and O–H groups in total. The molecule has 12 nitrogen and oxygen atoms in total. The van der Waals surface area contributed by atoms with Crippen LogP contribution in [0.5, 0.6) is 11.5 Å². The van der Waals surface area contributed by atoms with Crippen molar-refractivity contribution in [2.75, 3.05) is 10.5 Å². The van der Waals surface area contributed by atoms with Crippen LogP contribution in [0.3, 0.4) is 0 Å². The number of nitrogens with one attached hydrogen (secondary N) is 4. The van der Waals surface area contributed by atoms with E-state index in [2.05, 4.69) is 15.0 Å². The summed E-state index contributed by atoms with van der Waals surface area (Å²) in [6.45, 7) is 1.53. The minimum Gasteiger partial charge on any atom is -0.454 e. The largest absolute Gasteiger partial charge is 0.454 e. The summed E-state index contributed by atoms with van der Waals surface area (Å²) in [5, 5.41) is 11.8. The molecule has 0 aliphatic carbocycles. The van der Waals surface area contributed by atoms with Crippen molar-refractivity contribution in [2.24, 2.45) is 7.05 Å². The van der Waals surface area contributed by atoms with Gasteiger partial charge in [-0.3, -0.25) is 24.3 Å². The highest BCUT2D eigenvalue weighted by molar-refractivity contribution is 7.92. The van der Waals surface area contributed by atoms with Gasteiger partial charge in [-0.2, -0.15) is 0 Å². The molecule has 0 bridgehead atoms. The predicted octanol–water partition coefficient (Wildman–Crippen LogP) is 4.41. The number of carbonyl (C=O) groups is 2. The number of amides is 2. The second kappa shape index (κ2) is 12.8. The SMILES string of the molecule is CCS(=O)(=O)Nc1ccc(Oc2ccc(F)cc2F)c(-c2cn(C)c(=O)c3[nH]c(C(=O)NCc4ccc(C(=O)NO)cc4)cc23)c1. The van der Waals surface area contributed by atoms with Gasteiger partial charge in [0.1, 0.15) is 22.8 Å². The number of ether oxygens (including phenoxy) is 1. The number of aromatic nitrogens is 2. The van der Waals surface area contributed by atoms with Gasteiger partial charge < -0.3 is 19.6 Å². The van der Waals surface area contributed by atoms with Crippen LogP contribution in [0.25, 0.3) is 22.0 Å². The van der Waals surface area contributed by atoms with Gasteiger partial charge in [-0.25, -0.2) is 22.7 Å². The number of aromatic amines is 1. The van der Waals surface area contributed by atoms with Crippen LogP contribution in [0.4, 0.5) is 14.5 Å². The summed E-state index contributed by atoms with van der Waals surface area (Å²) in [5.74, 6) is -3.48. The maximum atomic E-state index is 14.6. The Kier molecular flexibility index (Phi) is 8.89. The van der Waals surface area contributed by atoms with Crippen LogP contribution in [0.1, 0.15) is 33.3 Å². The first kappa shape index (κ1) is 31.9. The fraction of sp³-hybridized carbons (Fsp3) is 0.129. The number of hydrogen-bond donors (Lipinski definition) is 5. The molecule has 2 amide bonds. The number of sulfonamides is 1. The first-order chi connectivity index (χ1) is 21.9. The standard InChI is InChI=1S/C31H27F2N5O7S/c1-3-46(43,44)37-20-9-11-26(45-27-10-8-19(32)12-24(27)33)21(13-20)23-16-38(2)31(41)28-22(23)14-25(35-28)30(40)34-15-17-4-6-18(7-5-17)29(39)36-42/h4-14,16,35,37,42H,3,15H2,1-2H3,(H,34,40)(H,36,39). The van der Waals surface area contributed by atoms with Gasteiger partial charge in [0.15, 0.2) is 11.6 Å². The van der Waals surface area contributed by atoms with Crippen molar-refractivity contribution in [3.05, 3.63) is 112 Å². The third-order valence-electron chi connectivity index (χ3n) is 7.02. The van der Waals surface area contributed by atoms with Crippen LogP contribution in [0.2, 0.25) is 0 Å². The Labute approximate surface area is 260 Å². The molecule has 0 atom stereocenters. The van der Waals surface area contributed by atoms with Crippen molar-refractivity contribution in [3.63, 3.8) is 0 Å². The lowest BCUT2D eigenvalue weighted by Crippen LogP contribution is -2.23. The summed E-state index contributed by atoms with van der Waals surface area (Å²) in [6, 6.07) is 14.6. The van der Waals surface area contributed by atoms with E-state index < -0.39 is 39.0 Å². The molecule has 5 aromatic rings. The summed E-state index contributed by atoms with van der Waals surface area (Å²) in [6.07, 6.45) is 1.46. The molecule has 0 unspecified atom stereocenters. The number of hydrogen-bond acceptors (Lipinski definition) is 7. The first-order valence-corrected chi connectivity index (χ1v) is 15.4. The van der Waals surface area contributed by atoms with Gasteiger partial charge in [0, 0.05) is 53.6 Å². The third kappa shape index (κ3) is 6.74. The van der Waals surface area contributed by atoms with Crippen molar-refractivity contribution in [1.29, 1.82) is 0 Å². The molecule has 0 radical (unpaired) electrons. The van der Waals surface area contributed by atoms with Crippen molar-refractivity contribution < 1.29 is 36.7 Å². The molecule has 2 aromatic heterocycles. The minimum absolute atomic E-state index is 0.0331. The van der Waals surface area contributed by atoms with Gasteiger partial charge in [-0.05, 0) is 61.0 Å². The van der Waals surface area contributed by atoms with E-state index in [0.717, 1.165) is 12.1 Å². The highest BCUT2D eigenvalue weighted by Crippen LogP contribution is 2.39. The van der Waals surface area contributed by atoms with Gasteiger partial charge in [0.05, 0.1) is 5.75 Å². The maximum Gasteiger partial charge on any atom is 0.274 e. The van der Waals surface area contributed by atoms with E-state index >= 15 is 0 Å². The lowest BCUT2D eigenvalue weighted by molar-refractivity contribution is 0.0706. The average molecular weight is 652 g/mol. The van der Waals surface area contributed by atoms with Crippen LogP contribution < -0.4 is 25.8 Å². The van der Waals surface area contributed by atoms with Crippen LogP contribution in [-0.4, -0.2) is 40.7 Å². The number of nitrogens with zero attached hydrogens (tertiary/aromatic N) is 1. The summed E-state index contributed by atoms with van der Waals surface area (Å²) in [4.78, 5) is 40.7. The van der Waals surface area contributed by atoms with Crippen LogP contribution in [0.15, 0.2) is 77.7 Å². The van der Waals surface area contributed by atoms with E-state index in [1.54, 1.807) is 12.1 Å². The average Bonchev–Trinajstić information content (AvgIpc) is 3.49. The number of anilines is 1. The highest BCUT2D eigenvalue weighted by atomic mass is 32.2. The Hall–Kier alpha value is -5.54. The molecule has 5 rings (SSSR count). The first-order valence-electron chi connectivity index (χ1n) is 13.7. The van der Waals surface area contributed by atoms with E-state index in [1.165, 1.54) is 66.6 Å². The van der Waals surface area contributed by atoms with E-state index in [-0.39, 0.29) is 57.2 Å². The summed E-state index contributed by atoms with van der Waals surface area (Å²) in [5.41, 5.74) is 2.75. The fourth-order valence-corrected chi connectivity index (χ4v) is 5.24. The smallest absolute Gasteiger partial charge is 0.274 e. The van der Waals surface area contributed by atoms with Crippen LogP contribution in [-0.2, 0) is 23.6 Å². The molecule has 3 aromatic carbocycles. The van der Waals surface area contributed by atoms with Gasteiger partial charge >= 0.3 is 0 Å². The van der Waals surface area contributed by atoms with E-state index in [9.17, 15) is 31.6 Å². The number of halogens is 2.